The van der Waals surface area contributed by atoms with Crippen LogP contribution in [0.15, 0.2) is 127 Å². The molecule has 4 rings (SSSR count). The molecule has 0 aliphatic heterocycles. The Morgan fingerprint density at radius 3 is 1.50 bits per heavy atom. The quantitative estimate of drug-likeness (QED) is 0.191. The molecule has 0 aliphatic carbocycles. The third kappa shape index (κ3) is 7.61. The Kier molecular flexibility index (Phi) is 9.74. The summed E-state index contributed by atoms with van der Waals surface area (Å²) in [6.07, 6.45) is 6.36. The summed E-state index contributed by atoms with van der Waals surface area (Å²) in [4.78, 5) is 4.69. The molecule has 4 aromatic rings. The van der Waals surface area contributed by atoms with Gasteiger partial charge in [0, 0.05) is 34.1 Å². The SMILES string of the molecule is C=C/C(=C\C=C(/C)N(c1ccc(C)cc1)c1ccc(N(c2ccc(C)cc2)c2ccc(C(C)(C)C)cc2C)cc1)C(C)(C)C. The molecule has 0 bridgehead atoms. The topological polar surface area (TPSA) is 6.48 Å². The first-order valence-electron chi connectivity index (χ1n) is 15.7. The van der Waals surface area contributed by atoms with Gasteiger partial charge < -0.3 is 9.80 Å². The van der Waals surface area contributed by atoms with Gasteiger partial charge in [0.05, 0.1) is 0 Å². The van der Waals surface area contributed by atoms with E-state index in [9.17, 15) is 0 Å². The van der Waals surface area contributed by atoms with Crippen molar-refractivity contribution in [2.75, 3.05) is 9.80 Å². The number of rotatable bonds is 8. The molecule has 228 valence electrons. The second-order valence-electron chi connectivity index (χ2n) is 14.0. The lowest BCUT2D eigenvalue weighted by molar-refractivity contribution is 0.517. The highest BCUT2D eigenvalue weighted by molar-refractivity contribution is 5.80. The van der Waals surface area contributed by atoms with Gasteiger partial charge in [0.1, 0.15) is 0 Å². The maximum Gasteiger partial charge on any atom is 0.0490 e. The molecule has 2 nitrogen and oxygen atoms in total. The van der Waals surface area contributed by atoms with Crippen molar-refractivity contribution in [2.45, 2.75) is 74.7 Å². The van der Waals surface area contributed by atoms with Crippen molar-refractivity contribution in [3.8, 4) is 0 Å². The number of allylic oxidation sites excluding steroid dienone is 5. The maximum absolute atomic E-state index is 4.06. The van der Waals surface area contributed by atoms with Gasteiger partial charge in [-0.25, -0.2) is 0 Å². The normalized spacial score (nSPS) is 12.7. The summed E-state index contributed by atoms with van der Waals surface area (Å²) in [7, 11) is 0. The first-order valence-corrected chi connectivity index (χ1v) is 15.7. The van der Waals surface area contributed by atoms with E-state index in [0.717, 1.165) is 28.4 Å². The van der Waals surface area contributed by atoms with Gasteiger partial charge in [0.25, 0.3) is 0 Å². The van der Waals surface area contributed by atoms with Crippen LogP contribution in [0.25, 0.3) is 0 Å². The number of hydrogen-bond acceptors (Lipinski definition) is 2. The van der Waals surface area contributed by atoms with Gasteiger partial charge in [0.2, 0.25) is 0 Å². The average molecular weight is 583 g/mol. The van der Waals surface area contributed by atoms with E-state index in [1.165, 1.54) is 33.5 Å². The number of anilines is 5. The summed E-state index contributed by atoms with van der Waals surface area (Å²) >= 11 is 0. The molecular weight excluding hydrogens is 532 g/mol. The van der Waals surface area contributed by atoms with Gasteiger partial charge in [-0.15, -0.1) is 0 Å². The van der Waals surface area contributed by atoms with E-state index >= 15 is 0 Å². The zero-order valence-corrected chi connectivity index (χ0v) is 28.5. The van der Waals surface area contributed by atoms with Crippen LogP contribution in [0.5, 0.6) is 0 Å². The Hall–Kier alpha value is -4.30. The molecule has 0 heterocycles. The van der Waals surface area contributed by atoms with E-state index in [1.54, 1.807) is 0 Å². The van der Waals surface area contributed by atoms with Crippen molar-refractivity contribution < 1.29 is 0 Å². The molecule has 0 unspecified atom stereocenters. The highest BCUT2D eigenvalue weighted by Crippen LogP contribution is 2.40. The van der Waals surface area contributed by atoms with Crippen LogP contribution in [-0.2, 0) is 5.41 Å². The summed E-state index contributed by atoms with van der Waals surface area (Å²) in [5.41, 5.74) is 13.2. The fourth-order valence-corrected chi connectivity index (χ4v) is 5.40. The van der Waals surface area contributed by atoms with Crippen LogP contribution in [-0.4, -0.2) is 0 Å². The second-order valence-corrected chi connectivity index (χ2v) is 14.0. The first kappa shape index (κ1) is 32.6. The summed E-state index contributed by atoms with van der Waals surface area (Å²) < 4.78 is 0. The van der Waals surface area contributed by atoms with E-state index < -0.39 is 0 Å². The fraction of sp³-hybridized carbons (Fsp3) is 0.286. The largest absolute Gasteiger partial charge is 0.315 e. The lowest BCUT2D eigenvalue weighted by atomic mass is 9.86. The average Bonchev–Trinajstić information content (AvgIpc) is 2.96. The van der Waals surface area contributed by atoms with Crippen LogP contribution < -0.4 is 9.80 Å². The summed E-state index contributed by atoms with van der Waals surface area (Å²) in [6, 6.07) is 33.3. The van der Waals surface area contributed by atoms with Gasteiger partial charge in [0.15, 0.2) is 0 Å². The third-order valence-electron chi connectivity index (χ3n) is 8.20. The molecule has 0 aromatic heterocycles. The van der Waals surface area contributed by atoms with E-state index in [0.29, 0.717) is 0 Å². The molecule has 0 N–H and O–H groups in total. The predicted molar refractivity (Wildman–Crippen MR) is 194 cm³/mol. The maximum atomic E-state index is 4.06. The van der Waals surface area contributed by atoms with Gasteiger partial charge in [-0.1, -0.05) is 108 Å². The molecule has 0 amide bonds. The van der Waals surface area contributed by atoms with Crippen molar-refractivity contribution >= 4 is 28.4 Å². The minimum absolute atomic E-state index is 0.0253. The molecule has 0 saturated heterocycles. The lowest BCUT2D eigenvalue weighted by Crippen LogP contribution is -2.16. The Balaban J connectivity index is 1.82. The van der Waals surface area contributed by atoms with Crippen LogP contribution >= 0.6 is 0 Å². The van der Waals surface area contributed by atoms with Crippen molar-refractivity contribution in [2.24, 2.45) is 5.41 Å². The number of nitrogens with zero attached hydrogens (tertiary/aromatic N) is 2. The smallest absolute Gasteiger partial charge is 0.0490 e. The number of aryl methyl sites for hydroxylation is 3. The molecular formula is C42H50N2. The standard InChI is InChI=1S/C42H50N2/c1-12-34(41(6,7)8)18-17-33(5)43(36-20-13-30(2)14-21-36)37-24-26-39(27-25-37)44(38-22-15-31(3)16-23-38)40-28-19-35(29-32(40)4)42(9,10)11/h12-29H,1H2,2-11H3/b33-17+,34-18+. The summed E-state index contributed by atoms with van der Waals surface area (Å²) in [5.74, 6) is 0. The second kappa shape index (κ2) is 13.1. The Bertz CT molecular complexity index is 1640. The Morgan fingerprint density at radius 1 is 0.614 bits per heavy atom. The highest BCUT2D eigenvalue weighted by Gasteiger charge is 2.20. The molecule has 0 aliphatic rings. The molecule has 2 heteroatoms. The summed E-state index contributed by atoms with van der Waals surface area (Å²) in [5, 5.41) is 0. The van der Waals surface area contributed by atoms with Crippen molar-refractivity contribution in [1.82, 2.24) is 0 Å². The van der Waals surface area contributed by atoms with E-state index in [-0.39, 0.29) is 10.8 Å². The van der Waals surface area contributed by atoms with Crippen LogP contribution in [0.1, 0.15) is 70.7 Å². The highest BCUT2D eigenvalue weighted by atomic mass is 15.2. The number of benzene rings is 4. The Labute approximate surface area is 267 Å². The van der Waals surface area contributed by atoms with Gasteiger partial charge in [-0.05, 0) is 116 Å². The van der Waals surface area contributed by atoms with E-state index in [4.69, 9.17) is 0 Å². The van der Waals surface area contributed by atoms with Crippen molar-refractivity contribution in [3.05, 3.63) is 149 Å². The van der Waals surface area contributed by atoms with Crippen molar-refractivity contribution in [1.29, 1.82) is 0 Å². The Morgan fingerprint density at radius 2 is 1.07 bits per heavy atom. The van der Waals surface area contributed by atoms with Crippen LogP contribution in [0.3, 0.4) is 0 Å². The van der Waals surface area contributed by atoms with Gasteiger partial charge >= 0.3 is 0 Å². The third-order valence-corrected chi connectivity index (χ3v) is 8.20. The molecule has 0 fully saturated rings. The van der Waals surface area contributed by atoms with Crippen LogP contribution in [0, 0.1) is 26.2 Å². The summed E-state index contributed by atoms with van der Waals surface area (Å²) in [6.45, 7) is 26.2. The van der Waals surface area contributed by atoms with Crippen LogP contribution in [0.2, 0.25) is 0 Å². The minimum Gasteiger partial charge on any atom is -0.315 e. The zero-order valence-electron chi connectivity index (χ0n) is 28.5. The van der Waals surface area contributed by atoms with Gasteiger partial charge in [-0.2, -0.15) is 0 Å². The number of hydrogen-bond donors (Lipinski definition) is 0. The lowest BCUT2D eigenvalue weighted by Gasteiger charge is -2.30. The molecule has 44 heavy (non-hydrogen) atoms. The van der Waals surface area contributed by atoms with Gasteiger partial charge in [-0.3, -0.25) is 0 Å². The molecule has 0 spiro atoms. The molecule has 4 aromatic carbocycles. The molecule has 0 radical (unpaired) electrons. The monoisotopic (exact) mass is 582 g/mol. The van der Waals surface area contributed by atoms with Crippen molar-refractivity contribution in [3.63, 3.8) is 0 Å². The van der Waals surface area contributed by atoms with E-state index in [2.05, 4.69) is 189 Å². The van der Waals surface area contributed by atoms with E-state index in [1.807, 2.05) is 6.08 Å². The minimum atomic E-state index is 0.0253. The molecule has 0 saturated carbocycles. The fourth-order valence-electron chi connectivity index (χ4n) is 5.40. The van der Waals surface area contributed by atoms with Crippen LogP contribution in [0.4, 0.5) is 28.4 Å². The zero-order chi connectivity index (χ0) is 32.2. The first-order chi connectivity index (χ1) is 20.7. The predicted octanol–water partition coefficient (Wildman–Crippen LogP) is 12.6. The molecule has 0 atom stereocenters.